The number of nitrogens with zero attached hydrogens (tertiary/aromatic N) is 3. The lowest BCUT2D eigenvalue weighted by Crippen LogP contribution is -2.10. The second-order valence-corrected chi connectivity index (χ2v) is 5.34. The van der Waals surface area contributed by atoms with Crippen LogP contribution < -0.4 is 10.6 Å². The summed E-state index contributed by atoms with van der Waals surface area (Å²) in [5, 5.41) is 16.7. The number of nitrogens with one attached hydrogen (secondary N) is 2. The molecule has 1 heterocycles. The lowest BCUT2D eigenvalue weighted by Gasteiger charge is -2.14. The highest BCUT2D eigenvalue weighted by molar-refractivity contribution is 5.77. The van der Waals surface area contributed by atoms with Crippen molar-refractivity contribution in [1.29, 1.82) is 0 Å². The van der Waals surface area contributed by atoms with Crippen LogP contribution in [0, 0.1) is 10.1 Å². The molecule has 0 unspecified atom stereocenters. The number of halogens is 3. The molecule has 2 aromatic carbocycles. The Labute approximate surface area is 151 Å². The molecule has 0 saturated heterocycles. The molecule has 0 saturated carbocycles. The van der Waals surface area contributed by atoms with Crippen LogP contribution in [0.2, 0.25) is 0 Å². The predicted octanol–water partition coefficient (Wildman–Crippen LogP) is 4.89. The van der Waals surface area contributed by atoms with Gasteiger partial charge in [-0.05, 0) is 24.3 Å². The van der Waals surface area contributed by atoms with Crippen molar-refractivity contribution in [3.63, 3.8) is 0 Å². The molecular formula is C17H12F3N5O2. The van der Waals surface area contributed by atoms with Gasteiger partial charge >= 0.3 is 11.9 Å². The fraction of sp³-hybridized carbons (Fsp3) is 0.0588. The maximum absolute atomic E-state index is 13.2. The largest absolute Gasteiger partial charge is 0.418 e. The predicted molar refractivity (Wildman–Crippen MR) is 93.1 cm³/mol. The van der Waals surface area contributed by atoms with Crippen molar-refractivity contribution < 1.29 is 18.1 Å². The molecule has 10 heteroatoms. The number of rotatable bonds is 5. The van der Waals surface area contributed by atoms with Crippen LogP contribution in [0.25, 0.3) is 0 Å². The highest BCUT2D eigenvalue weighted by Crippen LogP contribution is 2.38. The first-order valence-corrected chi connectivity index (χ1v) is 7.61. The zero-order valence-corrected chi connectivity index (χ0v) is 13.6. The first kappa shape index (κ1) is 18.1. The number of alkyl halides is 3. The topological polar surface area (TPSA) is 93.0 Å². The minimum absolute atomic E-state index is 0.145. The number of anilines is 4. The Bertz CT molecular complexity index is 964. The highest BCUT2D eigenvalue weighted by Gasteiger charge is 2.34. The van der Waals surface area contributed by atoms with E-state index in [0.29, 0.717) is 5.69 Å². The summed E-state index contributed by atoms with van der Waals surface area (Å²) in [5.41, 5.74) is -1.35. The Balaban J connectivity index is 2.02. The van der Waals surface area contributed by atoms with Gasteiger partial charge in [0.1, 0.15) is 6.33 Å². The molecule has 27 heavy (non-hydrogen) atoms. The molecule has 0 bridgehead atoms. The molecular weight excluding hydrogens is 363 g/mol. The first-order chi connectivity index (χ1) is 12.9. The third-order valence-electron chi connectivity index (χ3n) is 3.53. The van der Waals surface area contributed by atoms with Crippen molar-refractivity contribution in [2.24, 2.45) is 0 Å². The second kappa shape index (κ2) is 7.28. The maximum atomic E-state index is 13.2. The van der Waals surface area contributed by atoms with Crippen LogP contribution in [-0.2, 0) is 6.18 Å². The second-order valence-electron chi connectivity index (χ2n) is 5.34. The van der Waals surface area contributed by atoms with Crippen LogP contribution in [-0.4, -0.2) is 14.9 Å². The first-order valence-electron chi connectivity index (χ1n) is 7.61. The molecule has 0 fully saturated rings. The molecule has 0 atom stereocenters. The van der Waals surface area contributed by atoms with Crippen molar-refractivity contribution in [2.75, 3.05) is 10.6 Å². The third kappa shape index (κ3) is 4.11. The Morgan fingerprint density at radius 3 is 2.11 bits per heavy atom. The minimum Gasteiger partial charge on any atom is -0.334 e. The lowest BCUT2D eigenvalue weighted by atomic mass is 10.1. The fourth-order valence-corrected chi connectivity index (χ4v) is 2.36. The highest BCUT2D eigenvalue weighted by atomic mass is 19.4. The number of aromatic nitrogens is 2. The molecule has 0 amide bonds. The van der Waals surface area contributed by atoms with E-state index in [0.717, 1.165) is 12.4 Å². The van der Waals surface area contributed by atoms with E-state index in [1.807, 2.05) is 0 Å². The molecule has 2 N–H and O–H groups in total. The molecule has 0 radical (unpaired) electrons. The Hall–Kier alpha value is -3.69. The van der Waals surface area contributed by atoms with Crippen molar-refractivity contribution in [1.82, 2.24) is 9.97 Å². The monoisotopic (exact) mass is 375 g/mol. The summed E-state index contributed by atoms with van der Waals surface area (Å²) in [6.07, 6.45) is -3.60. The smallest absolute Gasteiger partial charge is 0.334 e. The summed E-state index contributed by atoms with van der Waals surface area (Å²) < 4.78 is 39.5. The Morgan fingerprint density at radius 1 is 0.889 bits per heavy atom. The number of benzene rings is 2. The van der Waals surface area contributed by atoms with Gasteiger partial charge in [-0.15, -0.1) is 0 Å². The van der Waals surface area contributed by atoms with E-state index in [1.54, 1.807) is 30.3 Å². The van der Waals surface area contributed by atoms with Gasteiger partial charge in [0.05, 0.1) is 16.2 Å². The van der Waals surface area contributed by atoms with Gasteiger partial charge in [-0.3, -0.25) is 10.1 Å². The van der Waals surface area contributed by atoms with Gasteiger partial charge in [0.15, 0.2) is 0 Å². The van der Waals surface area contributed by atoms with Crippen LogP contribution in [0.4, 0.5) is 41.9 Å². The fourth-order valence-electron chi connectivity index (χ4n) is 2.36. The number of hydrogen-bond donors (Lipinski definition) is 2. The van der Waals surface area contributed by atoms with E-state index in [2.05, 4.69) is 20.6 Å². The summed E-state index contributed by atoms with van der Waals surface area (Å²) in [7, 11) is 0. The Kier molecular flexibility index (Phi) is 4.88. The van der Waals surface area contributed by atoms with Gasteiger partial charge in [0, 0.05) is 5.69 Å². The number of hydrogen-bond acceptors (Lipinski definition) is 6. The number of para-hydroxylation sites is 2. The Morgan fingerprint density at radius 2 is 1.48 bits per heavy atom. The van der Waals surface area contributed by atoms with Crippen LogP contribution in [0.1, 0.15) is 5.56 Å². The summed E-state index contributed by atoms with van der Waals surface area (Å²) in [5.74, 6) is -0.502. The average molecular weight is 375 g/mol. The molecule has 7 nitrogen and oxygen atoms in total. The van der Waals surface area contributed by atoms with Crippen molar-refractivity contribution in [3.05, 3.63) is 76.6 Å². The average Bonchev–Trinajstić information content (AvgIpc) is 2.62. The maximum Gasteiger partial charge on any atom is 0.418 e. The van der Waals surface area contributed by atoms with E-state index in [1.165, 1.54) is 18.2 Å². The van der Waals surface area contributed by atoms with Gasteiger partial charge in [-0.1, -0.05) is 30.3 Å². The molecule has 3 aromatic rings. The summed E-state index contributed by atoms with van der Waals surface area (Å²) >= 11 is 0. The quantitative estimate of drug-likeness (QED) is 0.487. The SMILES string of the molecule is O=[N+]([O-])c1c(Nc2ccccc2)ncnc1Nc1ccccc1C(F)(F)F. The van der Waals surface area contributed by atoms with Gasteiger partial charge in [0.2, 0.25) is 11.6 Å². The zero-order valence-electron chi connectivity index (χ0n) is 13.6. The van der Waals surface area contributed by atoms with Gasteiger partial charge in [-0.2, -0.15) is 13.2 Å². The van der Waals surface area contributed by atoms with Gasteiger partial charge in [0.25, 0.3) is 0 Å². The van der Waals surface area contributed by atoms with E-state index in [-0.39, 0.29) is 17.3 Å². The number of nitro groups is 1. The normalized spacial score (nSPS) is 11.1. The van der Waals surface area contributed by atoms with E-state index < -0.39 is 22.4 Å². The van der Waals surface area contributed by atoms with Crippen LogP contribution >= 0.6 is 0 Å². The van der Waals surface area contributed by atoms with Crippen molar-refractivity contribution in [2.45, 2.75) is 6.18 Å². The molecule has 0 aliphatic carbocycles. The van der Waals surface area contributed by atoms with Crippen LogP contribution in [0.5, 0.6) is 0 Å². The summed E-state index contributed by atoms with van der Waals surface area (Å²) in [4.78, 5) is 18.4. The molecule has 0 aliphatic heterocycles. The van der Waals surface area contributed by atoms with Crippen molar-refractivity contribution in [3.8, 4) is 0 Å². The van der Waals surface area contributed by atoms with Crippen LogP contribution in [0.15, 0.2) is 60.9 Å². The summed E-state index contributed by atoms with van der Waals surface area (Å²) in [6.45, 7) is 0. The lowest BCUT2D eigenvalue weighted by molar-refractivity contribution is -0.383. The third-order valence-corrected chi connectivity index (χ3v) is 3.53. The molecule has 138 valence electrons. The zero-order chi connectivity index (χ0) is 19.4. The molecule has 1 aromatic heterocycles. The van der Waals surface area contributed by atoms with E-state index in [9.17, 15) is 23.3 Å². The molecule has 0 spiro atoms. The summed E-state index contributed by atoms with van der Waals surface area (Å²) in [6, 6.07) is 13.2. The minimum atomic E-state index is -4.63. The van der Waals surface area contributed by atoms with Gasteiger partial charge in [-0.25, -0.2) is 9.97 Å². The van der Waals surface area contributed by atoms with E-state index in [4.69, 9.17) is 0 Å². The van der Waals surface area contributed by atoms with Gasteiger partial charge < -0.3 is 10.6 Å². The standard InChI is InChI=1S/C17H12F3N5O2/c18-17(19,20)12-8-4-5-9-13(12)24-16-14(25(26)27)15(21-10-22-16)23-11-6-2-1-3-7-11/h1-10H,(H2,21,22,23,24). The molecule has 0 aliphatic rings. The van der Waals surface area contributed by atoms with E-state index >= 15 is 0 Å². The van der Waals surface area contributed by atoms with Crippen molar-refractivity contribution >= 4 is 28.7 Å². The van der Waals surface area contributed by atoms with Crippen LogP contribution in [0.3, 0.4) is 0 Å². The molecule has 3 rings (SSSR count).